The molecule has 444 valence electrons. The molecule has 3 aromatic heterocycles. The number of hydrogen-bond acceptors (Lipinski definition) is 19. The number of ketones is 2. The van der Waals surface area contributed by atoms with Gasteiger partial charge in [-0.3, -0.25) is 24.3 Å². The van der Waals surface area contributed by atoms with Crippen LogP contribution >= 0.6 is 34.0 Å². The highest BCUT2D eigenvalue weighted by Crippen LogP contribution is 2.22. The number of nitrogens with zero attached hydrogens (tertiary/aromatic N) is 9. The zero-order chi connectivity index (χ0) is 58.0. The number of methoxy groups -OCH3 is 1. The third-order valence-electron chi connectivity index (χ3n) is 13.3. The molecule has 3 aromatic rings. The van der Waals surface area contributed by atoms with Crippen LogP contribution in [0.1, 0.15) is 125 Å². The van der Waals surface area contributed by atoms with Gasteiger partial charge >= 0.3 is 24.1 Å². The molecule has 3 saturated heterocycles. The van der Waals surface area contributed by atoms with Crippen LogP contribution in [-0.4, -0.2) is 225 Å². The van der Waals surface area contributed by atoms with Crippen molar-refractivity contribution >= 4 is 69.6 Å². The van der Waals surface area contributed by atoms with Crippen LogP contribution in [0.15, 0.2) is 16.1 Å². The van der Waals surface area contributed by atoms with E-state index in [1.807, 2.05) is 16.1 Å². The van der Waals surface area contributed by atoms with Crippen molar-refractivity contribution < 1.29 is 47.7 Å². The molecule has 0 unspecified atom stereocenters. The second-order valence-electron chi connectivity index (χ2n) is 21.0. The van der Waals surface area contributed by atoms with Crippen molar-refractivity contribution in [2.75, 3.05) is 127 Å². The van der Waals surface area contributed by atoms with E-state index in [1.54, 1.807) is 65.0 Å². The fourth-order valence-corrected chi connectivity index (χ4v) is 10.7. The van der Waals surface area contributed by atoms with Gasteiger partial charge in [0.2, 0.25) is 0 Å². The Hall–Kier alpha value is -4.73. The summed E-state index contributed by atoms with van der Waals surface area (Å²) in [6, 6.07) is -2.40. The summed E-state index contributed by atoms with van der Waals surface area (Å²) in [6.07, 6.45) is 1.73. The van der Waals surface area contributed by atoms with E-state index in [-0.39, 0.29) is 29.7 Å². The zero-order valence-corrected chi connectivity index (χ0v) is 51.3. The van der Waals surface area contributed by atoms with Crippen molar-refractivity contribution in [2.24, 2.45) is 0 Å². The van der Waals surface area contributed by atoms with E-state index in [1.165, 1.54) is 25.9 Å². The molecule has 0 radical (unpaired) electrons. The number of esters is 1. The van der Waals surface area contributed by atoms with Gasteiger partial charge < -0.3 is 49.6 Å². The second-order valence-corrected chi connectivity index (χ2v) is 23.7. The maximum absolute atomic E-state index is 12.5. The lowest BCUT2D eigenvalue weighted by molar-refractivity contribution is -0.143. The van der Waals surface area contributed by atoms with E-state index >= 15 is 0 Å². The number of nitrogens with one attached hydrogen (secondary N) is 3. The Labute approximate surface area is 480 Å². The minimum absolute atomic E-state index is 0.0178. The van der Waals surface area contributed by atoms with Gasteiger partial charge in [-0.15, -0.1) is 34.0 Å². The van der Waals surface area contributed by atoms with E-state index in [0.29, 0.717) is 76.4 Å². The summed E-state index contributed by atoms with van der Waals surface area (Å²) in [5.41, 5.74) is 2.61. The van der Waals surface area contributed by atoms with Crippen molar-refractivity contribution in [3.8, 4) is 0 Å². The van der Waals surface area contributed by atoms with Crippen LogP contribution in [0.2, 0.25) is 0 Å². The van der Waals surface area contributed by atoms with Gasteiger partial charge in [0.1, 0.15) is 6.04 Å². The molecule has 0 bridgehead atoms. The molecule has 6 heterocycles. The molecule has 3 atom stereocenters. The summed E-state index contributed by atoms with van der Waals surface area (Å²) in [5, 5.41) is 17.6. The smallest absolute Gasteiger partial charge is 0.328 e. The van der Waals surface area contributed by atoms with Crippen LogP contribution < -0.4 is 16.0 Å². The summed E-state index contributed by atoms with van der Waals surface area (Å²) in [7, 11) is 6.48. The quantitative estimate of drug-likeness (QED) is 0.0893. The first-order valence-corrected chi connectivity index (χ1v) is 30.1. The number of urea groups is 3. The third-order valence-corrected chi connectivity index (χ3v) is 16.9. The van der Waals surface area contributed by atoms with E-state index < -0.39 is 24.1 Å². The fraction of sp³-hybridized carbons (Fsp3) is 0.722. The van der Waals surface area contributed by atoms with Gasteiger partial charge in [-0.25, -0.2) is 34.1 Å². The lowest BCUT2D eigenvalue weighted by Crippen LogP contribution is -2.48. The maximum Gasteiger partial charge on any atom is 0.328 e. The highest BCUT2D eigenvalue weighted by atomic mass is 32.1. The molecule has 0 aliphatic carbocycles. The van der Waals surface area contributed by atoms with Crippen molar-refractivity contribution in [3.05, 3.63) is 48.2 Å². The van der Waals surface area contributed by atoms with Crippen molar-refractivity contribution in [3.63, 3.8) is 0 Å². The predicted octanol–water partition coefficient (Wildman–Crippen LogP) is 5.85. The number of morpholine rings is 3. The Morgan fingerprint density at radius 3 is 1.01 bits per heavy atom. The Morgan fingerprint density at radius 1 is 0.506 bits per heavy atom. The Kier molecular flexibility index (Phi) is 29.8. The highest BCUT2D eigenvalue weighted by Gasteiger charge is 2.27. The van der Waals surface area contributed by atoms with Gasteiger partial charge in [0.05, 0.1) is 111 Å². The molecule has 3 fully saturated rings. The molecule has 79 heavy (non-hydrogen) atoms. The summed E-state index contributed by atoms with van der Waals surface area (Å²) < 4.78 is 20.8. The number of amides is 6. The van der Waals surface area contributed by atoms with Gasteiger partial charge in [-0.2, -0.15) is 0 Å². The Balaban J connectivity index is 0.000000255. The fourth-order valence-electron chi connectivity index (χ4n) is 8.26. The number of rotatable bonds is 24. The van der Waals surface area contributed by atoms with Gasteiger partial charge in [0.25, 0.3) is 0 Å². The van der Waals surface area contributed by atoms with E-state index in [0.717, 1.165) is 111 Å². The predicted molar refractivity (Wildman–Crippen MR) is 309 cm³/mol. The molecule has 6 amide bonds. The summed E-state index contributed by atoms with van der Waals surface area (Å²) in [4.78, 5) is 98.4. The largest absolute Gasteiger partial charge is 0.467 e. The molecular weight excluding hydrogens is 1070 g/mol. The summed E-state index contributed by atoms with van der Waals surface area (Å²) in [6.45, 7) is 28.7. The molecule has 3 aliphatic heterocycles. The monoisotopic (exact) mass is 1160 g/mol. The minimum atomic E-state index is -0.672. The van der Waals surface area contributed by atoms with E-state index in [9.17, 15) is 28.8 Å². The third kappa shape index (κ3) is 24.5. The van der Waals surface area contributed by atoms with Crippen LogP contribution in [0.3, 0.4) is 0 Å². The van der Waals surface area contributed by atoms with E-state index in [2.05, 4.69) is 87.1 Å². The molecule has 6 rings (SSSR count). The molecule has 0 aromatic carbocycles. The SMILES string of the molecule is CC(=O)[C@H](CCN1CCOCC1)NC(=O)N(C)Cc1csc(C(C)C)n1.CC(=O)[C@H](CCN1CCOCC1)NC(=O)N(C)Cc1csc(C(C)C)n1.COC(=O)[C@H](CCN1CCOCC1)NC(=O)N(C)Cc1csc(C(C)C)n1. The number of carbonyl (C=O) groups is 6. The molecule has 0 saturated carbocycles. The summed E-state index contributed by atoms with van der Waals surface area (Å²) in [5.74, 6) is 0.671. The highest BCUT2D eigenvalue weighted by molar-refractivity contribution is 7.10. The van der Waals surface area contributed by atoms with Gasteiger partial charge in [0, 0.05) is 114 Å². The average Bonchev–Trinajstić information content (AvgIpc) is 4.23. The van der Waals surface area contributed by atoms with Crippen LogP contribution in [-0.2, 0) is 53.0 Å². The number of hydrogen-bond donors (Lipinski definition) is 3. The molecule has 25 heteroatoms. The zero-order valence-electron chi connectivity index (χ0n) is 48.9. The molecule has 3 N–H and O–H groups in total. The number of ether oxygens (including phenoxy) is 4. The van der Waals surface area contributed by atoms with Gasteiger partial charge in [-0.1, -0.05) is 41.5 Å². The van der Waals surface area contributed by atoms with Crippen molar-refractivity contribution in [1.29, 1.82) is 0 Å². The van der Waals surface area contributed by atoms with Crippen LogP contribution in [0.5, 0.6) is 0 Å². The average molecular weight is 1160 g/mol. The number of Topliss-reactive ketones (excluding diaryl/α,β-unsaturated/α-hetero) is 2. The van der Waals surface area contributed by atoms with E-state index in [4.69, 9.17) is 18.9 Å². The molecule has 3 aliphatic rings. The first-order chi connectivity index (χ1) is 37.6. The van der Waals surface area contributed by atoms with Gasteiger partial charge in [-0.05, 0) is 33.1 Å². The van der Waals surface area contributed by atoms with Crippen LogP contribution in [0, 0.1) is 0 Å². The normalized spacial score (nSPS) is 16.4. The lowest BCUT2D eigenvalue weighted by Gasteiger charge is -2.28. The Bertz CT molecular complexity index is 2210. The first-order valence-electron chi connectivity index (χ1n) is 27.5. The number of carbonyl (C=O) groups excluding carboxylic acids is 6. The number of aromatic nitrogens is 3. The van der Waals surface area contributed by atoms with Crippen molar-refractivity contribution in [2.45, 2.75) is 130 Å². The number of thiazole rings is 3. The molecule has 22 nitrogen and oxygen atoms in total. The first kappa shape index (κ1) is 66.8. The van der Waals surface area contributed by atoms with Crippen LogP contribution in [0.4, 0.5) is 14.4 Å². The minimum Gasteiger partial charge on any atom is -0.467 e. The topological polar surface area (TPSA) is 234 Å². The maximum atomic E-state index is 12.5. The lowest BCUT2D eigenvalue weighted by atomic mass is 10.1. The summed E-state index contributed by atoms with van der Waals surface area (Å²) >= 11 is 4.83. The standard InChI is InChI=1S/C18H30N4O4S.2C18H30N4O3S/c1-13(2)16-19-14(12-27-16)11-21(3)18(24)20-15(17(23)25-4)5-6-22-7-9-26-10-8-22;2*1-13(2)17-19-15(12-26-17)11-21(4)18(24)20-16(14(3)23)5-6-22-7-9-25-10-8-22/h12-13,15H,5-11H2,1-4H3,(H,20,24);2*12-13,16H,5-11H2,1-4H3,(H,20,24)/t15-;2*16-/m000/s1. The van der Waals surface area contributed by atoms with Gasteiger partial charge in [0.15, 0.2) is 11.6 Å². The van der Waals surface area contributed by atoms with Crippen LogP contribution in [0.25, 0.3) is 0 Å². The molecular formula is C54H90N12O10S3. The Morgan fingerprint density at radius 2 is 0.772 bits per heavy atom. The van der Waals surface area contributed by atoms with Crippen molar-refractivity contribution in [1.82, 2.24) is 60.3 Å². The second kappa shape index (κ2) is 35.2. The molecule has 0 spiro atoms.